The van der Waals surface area contributed by atoms with E-state index in [1.54, 1.807) is 11.3 Å². The molecule has 0 aliphatic heterocycles. The van der Waals surface area contributed by atoms with E-state index in [0.717, 1.165) is 63.0 Å². The molecule has 4 aromatic rings. The van der Waals surface area contributed by atoms with Crippen molar-refractivity contribution in [3.8, 4) is 17.4 Å². The highest BCUT2D eigenvalue weighted by Crippen LogP contribution is 2.39. The third-order valence-corrected chi connectivity index (χ3v) is 6.91. The molecular formula is C26H22N2OS. The molecule has 1 aliphatic carbocycles. The Labute approximate surface area is 180 Å². The number of benzene rings is 2. The lowest BCUT2D eigenvalue weighted by atomic mass is 9.96. The zero-order valence-corrected chi connectivity index (χ0v) is 18.0. The van der Waals surface area contributed by atoms with Gasteiger partial charge in [-0.25, -0.2) is 4.99 Å². The average Bonchev–Trinajstić information content (AvgIpc) is 3.11. The summed E-state index contributed by atoms with van der Waals surface area (Å²) < 4.78 is 6.24. The molecule has 4 heteroatoms. The van der Waals surface area contributed by atoms with Gasteiger partial charge in [0.05, 0.1) is 10.9 Å². The Kier molecular flexibility index (Phi) is 4.77. The van der Waals surface area contributed by atoms with Gasteiger partial charge in [-0.2, -0.15) is 5.26 Å². The summed E-state index contributed by atoms with van der Waals surface area (Å²) in [6.07, 6.45) is 4.40. The minimum Gasteiger partial charge on any atom is -0.456 e. The van der Waals surface area contributed by atoms with Crippen molar-refractivity contribution in [2.45, 2.75) is 39.5 Å². The number of nitrogens with zero attached hydrogens (tertiary/aromatic N) is 2. The number of rotatable bonds is 2. The highest BCUT2D eigenvalue weighted by atomic mass is 32.1. The van der Waals surface area contributed by atoms with Crippen LogP contribution in [0.3, 0.4) is 0 Å². The summed E-state index contributed by atoms with van der Waals surface area (Å²) in [7, 11) is 0. The fourth-order valence-corrected chi connectivity index (χ4v) is 5.31. The maximum atomic E-state index is 9.84. The van der Waals surface area contributed by atoms with Crippen LogP contribution in [0.2, 0.25) is 0 Å². The average molecular weight is 411 g/mol. The van der Waals surface area contributed by atoms with Crippen LogP contribution in [0.4, 0.5) is 5.00 Å². The van der Waals surface area contributed by atoms with Crippen molar-refractivity contribution in [3.63, 3.8) is 0 Å². The molecule has 2 aromatic heterocycles. The minimum absolute atomic E-state index is 0.758. The molecule has 0 spiro atoms. The fourth-order valence-electron chi connectivity index (χ4n) is 4.09. The first-order valence-corrected chi connectivity index (χ1v) is 11.1. The molecule has 5 rings (SSSR count). The standard InChI is InChI=1S/C26H22N2OS/c1-16-7-10-18(11-8-16)24-14-22(20-13-17(2)9-12-23(20)29-24)28-26-21(15-27)19-5-3-4-6-25(19)30-26/h7-14H,3-6H2,1-2H3. The summed E-state index contributed by atoms with van der Waals surface area (Å²) in [5.74, 6) is 0.782. The lowest BCUT2D eigenvalue weighted by Gasteiger charge is -2.09. The maximum absolute atomic E-state index is 9.84. The van der Waals surface area contributed by atoms with Crippen LogP contribution < -0.4 is 5.36 Å². The Morgan fingerprint density at radius 2 is 1.73 bits per heavy atom. The molecule has 0 bridgehead atoms. The number of aryl methyl sites for hydroxylation is 3. The molecule has 0 atom stereocenters. The molecule has 0 saturated heterocycles. The van der Waals surface area contributed by atoms with Gasteiger partial charge < -0.3 is 4.42 Å². The van der Waals surface area contributed by atoms with E-state index in [2.05, 4.69) is 56.3 Å². The number of fused-ring (bicyclic) bond motifs is 2. The summed E-state index contributed by atoms with van der Waals surface area (Å²) in [6.45, 7) is 4.15. The van der Waals surface area contributed by atoms with E-state index < -0.39 is 0 Å². The molecule has 2 heterocycles. The summed E-state index contributed by atoms with van der Waals surface area (Å²) >= 11 is 1.68. The lowest BCUT2D eigenvalue weighted by molar-refractivity contribution is 0.618. The fraction of sp³-hybridized carbons (Fsp3) is 0.231. The van der Waals surface area contributed by atoms with Crippen molar-refractivity contribution < 1.29 is 4.42 Å². The molecule has 30 heavy (non-hydrogen) atoms. The molecule has 0 fully saturated rings. The van der Waals surface area contributed by atoms with Crippen LogP contribution in [-0.4, -0.2) is 0 Å². The Bertz CT molecular complexity index is 1370. The molecule has 148 valence electrons. The second-order valence-corrected chi connectivity index (χ2v) is 9.06. The third kappa shape index (κ3) is 3.36. The minimum atomic E-state index is 0.758. The molecule has 2 aromatic carbocycles. The van der Waals surface area contributed by atoms with E-state index >= 15 is 0 Å². The van der Waals surface area contributed by atoms with Crippen LogP contribution in [0, 0.1) is 25.2 Å². The summed E-state index contributed by atoms with van der Waals surface area (Å²) in [5, 5.41) is 12.5. The zero-order valence-electron chi connectivity index (χ0n) is 17.2. The molecule has 0 unspecified atom stereocenters. The number of thiophene rings is 1. The van der Waals surface area contributed by atoms with Gasteiger partial charge in [0.25, 0.3) is 0 Å². The van der Waals surface area contributed by atoms with E-state index in [-0.39, 0.29) is 0 Å². The molecule has 0 radical (unpaired) electrons. The van der Waals surface area contributed by atoms with Crippen LogP contribution in [0.25, 0.3) is 22.3 Å². The number of hydrogen-bond acceptors (Lipinski definition) is 4. The van der Waals surface area contributed by atoms with Gasteiger partial charge in [0.2, 0.25) is 0 Å². The van der Waals surface area contributed by atoms with Gasteiger partial charge in [-0.15, -0.1) is 11.3 Å². The topological polar surface area (TPSA) is 49.3 Å². The molecule has 0 amide bonds. The van der Waals surface area contributed by atoms with Crippen LogP contribution in [0.15, 0.2) is 57.9 Å². The van der Waals surface area contributed by atoms with E-state index in [9.17, 15) is 5.26 Å². The first kappa shape index (κ1) is 18.8. The van der Waals surface area contributed by atoms with Crippen molar-refractivity contribution >= 4 is 27.3 Å². The van der Waals surface area contributed by atoms with E-state index in [1.165, 1.54) is 22.4 Å². The Morgan fingerprint density at radius 1 is 0.967 bits per heavy atom. The summed E-state index contributed by atoms with van der Waals surface area (Å²) in [6, 6.07) is 18.9. The Morgan fingerprint density at radius 3 is 2.53 bits per heavy atom. The second-order valence-electron chi connectivity index (χ2n) is 7.98. The van der Waals surface area contributed by atoms with Crippen molar-refractivity contribution in [2.24, 2.45) is 4.99 Å². The highest BCUT2D eigenvalue weighted by molar-refractivity contribution is 7.16. The van der Waals surface area contributed by atoms with Gasteiger partial charge in [-0.1, -0.05) is 41.5 Å². The van der Waals surface area contributed by atoms with Gasteiger partial charge in [-0.05, 0) is 57.2 Å². The molecule has 0 saturated carbocycles. The molecule has 1 aliphatic rings. The molecule has 3 nitrogen and oxygen atoms in total. The predicted molar refractivity (Wildman–Crippen MR) is 122 cm³/mol. The Balaban J connectivity index is 1.77. The quantitative estimate of drug-likeness (QED) is 0.366. The van der Waals surface area contributed by atoms with E-state index in [1.807, 2.05) is 12.1 Å². The number of hydrogen-bond donors (Lipinski definition) is 0. The Hall–Kier alpha value is -3.16. The van der Waals surface area contributed by atoms with Gasteiger partial charge >= 0.3 is 0 Å². The van der Waals surface area contributed by atoms with Gasteiger partial charge in [0.15, 0.2) is 0 Å². The van der Waals surface area contributed by atoms with Gasteiger partial charge in [-0.3, -0.25) is 0 Å². The van der Waals surface area contributed by atoms with Crippen LogP contribution in [0.1, 0.15) is 40.0 Å². The lowest BCUT2D eigenvalue weighted by Crippen LogP contribution is -2.03. The molecular weight excluding hydrogens is 388 g/mol. The predicted octanol–water partition coefficient (Wildman–Crippen LogP) is 6.76. The third-order valence-electron chi connectivity index (χ3n) is 5.72. The van der Waals surface area contributed by atoms with Gasteiger partial charge in [0, 0.05) is 21.9 Å². The normalized spacial score (nSPS) is 14.0. The largest absolute Gasteiger partial charge is 0.456 e. The summed E-state index contributed by atoms with van der Waals surface area (Å²) in [5.41, 5.74) is 6.16. The van der Waals surface area contributed by atoms with Crippen molar-refractivity contribution in [1.29, 1.82) is 5.26 Å². The van der Waals surface area contributed by atoms with E-state index in [0.29, 0.717) is 0 Å². The molecule has 0 N–H and O–H groups in total. The first-order valence-electron chi connectivity index (χ1n) is 10.3. The maximum Gasteiger partial charge on any atom is 0.136 e. The van der Waals surface area contributed by atoms with Crippen LogP contribution >= 0.6 is 11.3 Å². The SMILES string of the molecule is Cc1ccc(-c2cc(=Nc3sc4c(c3C#N)CCCC4)c3cc(C)ccc3o2)cc1. The van der Waals surface area contributed by atoms with Crippen molar-refractivity contribution in [1.82, 2.24) is 0 Å². The van der Waals surface area contributed by atoms with Crippen molar-refractivity contribution in [2.75, 3.05) is 0 Å². The second kappa shape index (κ2) is 7.59. The zero-order chi connectivity index (χ0) is 20.7. The monoisotopic (exact) mass is 410 g/mol. The van der Waals surface area contributed by atoms with Gasteiger partial charge in [0.1, 0.15) is 22.4 Å². The van der Waals surface area contributed by atoms with Crippen LogP contribution in [-0.2, 0) is 12.8 Å². The van der Waals surface area contributed by atoms with Crippen LogP contribution in [0.5, 0.6) is 0 Å². The smallest absolute Gasteiger partial charge is 0.136 e. The summed E-state index contributed by atoms with van der Waals surface area (Å²) in [4.78, 5) is 6.36. The van der Waals surface area contributed by atoms with E-state index in [4.69, 9.17) is 9.41 Å². The highest BCUT2D eigenvalue weighted by Gasteiger charge is 2.20. The first-order chi connectivity index (χ1) is 14.6. The van der Waals surface area contributed by atoms with Crippen molar-refractivity contribution in [3.05, 3.63) is 81.0 Å². The number of nitriles is 1.